The van der Waals surface area contributed by atoms with Crippen LogP contribution in [0.25, 0.3) is 0 Å². The Bertz CT molecular complexity index is 359. The third-order valence-corrected chi connectivity index (χ3v) is 3.16. The summed E-state index contributed by atoms with van der Waals surface area (Å²) in [5.41, 5.74) is 0.457. The van der Waals surface area contributed by atoms with Crippen molar-refractivity contribution in [2.45, 2.75) is 19.3 Å². The van der Waals surface area contributed by atoms with Gasteiger partial charge in [-0.25, -0.2) is 0 Å². The van der Waals surface area contributed by atoms with Crippen molar-refractivity contribution in [1.29, 1.82) is 0 Å². The van der Waals surface area contributed by atoms with Gasteiger partial charge in [-0.3, -0.25) is 4.79 Å². The molecule has 0 amide bonds. The Hall–Kier alpha value is -1.02. The molecule has 0 aliphatic heterocycles. The molecule has 0 atom stereocenters. The van der Waals surface area contributed by atoms with Crippen LogP contribution in [0, 0.1) is 5.92 Å². The first-order valence-corrected chi connectivity index (χ1v) is 5.55. The second-order valence-electron chi connectivity index (χ2n) is 3.88. The summed E-state index contributed by atoms with van der Waals surface area (Å²) in [4.78, 5) is 10.8. The smallest absolute Gasteiger partial charge is 0.155 e. The Labute approximate surface area is 94.2 Å². The molecule has 3 heteroatoms. The number of hydrogen-bond donors (Lipinski definition) is 0. The van der Waals surface area contributed by atoms with Crippen LogP contribution in [0.5, 0.6) is 5.75 Å². The van der Waals surface area contributed by atoms with Crippen molar-refractivity contribution in [3.8, 4) is 5.75 Å². The summed E-state index contributed by atoms with van der Waals surface area (Å²) < 4.78 is 5.60. The van der Waals surface area contributed by atoms with Gasteiger partial charge < -0.3 is 4.74 Å². The summed E-state index contributed by atoms with van der Waals surface area (Å²) in [7, 11) is 0. The van der Waals surface area contributed by atoms with E-state index in [1.165, 1.54) is 19.3 Å². The molecule has 0 saturated heterocycles. The van der Waals surface area contributed by atoms with Crippen molar-refractivity contribution >= 4 is 17.9 Å². The lowest BCUT2D eigenvalue weighted by molar-refractivity contribution is 0.111. The first-order chi connectivity index (χ1) is 7.31. The second kappa shape index (κ2) is 4.67. The summed E-state index contributed by atoms with van der Waals surface area (Å²) in [5, 5.41) is 0.455. The van der Waals surface area contributed by atoms with E-state index in [4.69, 9.17) is 16.3 Å². The molecule has 0 spiro atoms. The Kier molecular flexibility index (Phi) is 3.27. The first-order valence-electron chi connectivity index (χ1n) is 5.17. The van der Waals surface area contributed by atoms with Gasteiger partial charge in [0.15, 0.2) is 6.29 Å². The summed E-state index contributed by atoms with van der Waals surface area (Å²) in [6.07, 6.45) is 4.51. The maximum absolute atomic E-state index is 10.8. The fraction of sp³-hybridized carbons (Fsp3) is 0.417. The Morgan fingerprint density at radius 2 is 2.27 bits per heavy atom. The molecular weight excluding hydrogens is 212 g/mol. The molecule has 80 valence electrons. The van der Waals surface area contributed by atoms with Gasteiger partial charge in [0.25, 0.3) is 0 Å². The molecule has 15 heavy (non-hydrogen) atoms. The van der Waals surface area contributed by atoms with Gasteiger partial charge in [-0.1, -0.05) is 24.1 Å². The molecule has 1 aliphatic carbocycles. The normalized spacial score (nSPS) is 15.8. The molecule has 2 rings (SSSR count). The maximum atomic E-state index is 10.8. The van der Waals surface area contributed by atoms with Crippen LogP contribution in [0.15, 0.2) is 18.2 Å². The molecule has 0 bridgehead atoms. The van der Waals surface area contributed by atoms with E-state index >= 15 is 0 Å². The first kappa shape index (κ1) is 10.5. The number of halogens is 1. The number of benzene rings is 1. The number of rotatable bonds is 4. The molecule has 1 aromatic rings. The minimum absolute atomic E-state index is 0.455. The van der Waals surface area contributed by atoms with Gasteiger partial charge in [0.05, 0.1) is 17.2 Å². The molecule has 0 aromatic heterocycles. The summed E-state index contributed by atoms with van der Waals surface area (Å²) in [6, 6.07) is 5.28. The van der Waals surface area contributed by atoms with Crippen LogP contribution >= 0.6 is 11.6 Å². The van der Waals surface area contributed by atoms with E-state index in [1.807, 2.05) is 0 Å². The maximum Gasteiger partial charge on any atom is 0.155 e. The largest absolute Gasteiger partial charge is 0.492 e. The SMILES string of the molecule is O=Cc1c(Cl)cccc1OCC1CCC1. The summed E-state index contributed by atoms with van der Waals surface area (Å²) >= 11 is 5.88. The minimum Gasteiger partial charge on any atom is -0.492 e. The Morgan fingerprint density at radius 3 is 2.87 bits per heavy atom. The number of hydrogen-bond acceptors (Lipinski definition) is 2. The molecule has 2 nitrogen and oxygen atoms in total. The fourth-order valence-corrected chi connectivity index (χ4v) is 1.83. The quantitative estimate of drug-likeness (QED) is 0.734. The average molecular weight is 225 g/mol. The zero-order valence-electron chi connectivity index (χ0n) is 8.41. The highest BCUT2D eigenvalue weighted by atomic mass is 35.5. The minimum atomic E-state index is 0.455. The molecular formula is C12H13ClO2. The van der Waals surface area contributed by atoms with Crippen LogP contribution in [0.1, 0.15) is 29.6 Å². The predicted molar refractivity (Wildman–Crippen MR) is 59.7 cm³/mol. The van der Waals surface area contributed by atoms with E-state index in [-0.39, 0.29) is 0 Å². The van der Waals surface area contributed by atoms with E-state index in [2.05, 4.69) is 0 Å². The topological polar surface area (TPSA) is 26.3 Å². The van der Waals surface area contributed by atoms with E-state index in [1.54, 1.807) is 18.2 Å². The zero-order chi connectivity index (χ0) is 10.7. The van der Waals surface area contributed by atoms with Crippen LogP contribution in [0.4, 0.5) is 0 Å². The van der Waals surface area contributed by atoms with E-state index in [0.717, 1.165) is 6.29 Å². The van der Waals surface area contributed by atoms with Crippen LogP contribution in [0.2, 0.25) is 5.02 Å². The van der Waals surface area contributed by atoms with Gasteiger partial charge in [-0.05, 0) is 30.9 Å². The number of carbonyl (C=O) groups is 1. The third-order valence-electron chi connectivity index (χ3n) is 2.83. The van der Waals surface area contributed by atoms with E-state index in [9.17, 15) is 4.79 Å². The van der Waals surface area contributed by atoms with Crippen LogP contribution in [-0.2, 0) is 0 Å². The van der Waals surface area contributed by atoms with Gasteiger partial charge >= 0.3 is 0 Å². The van der Waals surface area contributed by atoms with Crippen molar-refractivity contribution in [1.82, 2.24) is 0 Å². The zero-order valence-corrected chi connectivity index (χ0v) is 9.17. The molecule has 0 N–H and O–H groups in total. The number of carbonyl (C=O) groups excluding carboxylic acids is 1. The van der Waals surface area contributed by atoms with Crippen LogP contribution < -0.4 is 4.74 Å². The number of aldehydes is 1. The van der Waals surface area contributed by atoms with Gasteiger partial charge in [-0.2, -0.15) is 0 Å². The molecule has 0 unspecified atom stereocenters. The molecule has 0 radical (unpaired) electrons. The Balaban J connectivity index is 2.05. The summed E-state index contributed by atoms with van der Waals surface area (Å²) in [5.74, 6) is 1.26. The standard InChI is InChI=1S/C12H13ClO2/c13-11-5-2-6-12(10(11)7-14)15-8-9-3-1-4-9/h2,5-7,9H,1,3-4,8H2. The fourth-order valence-electron chi connectivity index (χ4n) is 1.62. The highest BCUT2D eigenvalue weighted by Gasteiger charge is 2.18. The highest BCUT2D eigenvalue weighted by molar-refractivity contribution is 6.33. The molecule has 1 aromatic carbocycles. The molecule has 1 aliphatic rings. The van der Waals surface area contributed by atoms with Gasteiger partial charge in [-0.15, -0.1) is 0 Å². The Morgan fingerprint density at radius 1 is 1.47 bits per heavy atom. The van der Waals surface area contributed by atoms with Crippen molar-refractivity contribution in [2.24, 2.45) is 5.92 Å². The molecule has 1 fully saturated rings. The molecule has 0 heterocycles. The third kappa shape index (κ3) is 2.32. The van der Waals surface area contributed by atoms with Crippen LogP contribution in [0.3, 0.4) is 0 Å². The highest BCUT2D eigenvalue weighted by Crippen LogP contribution is 2.29. The van der Waals surface area contributed by atoms with E-state index < -0.39 is 0 Å². The van der Waals surface area contributed by atoms with Crippen molar-refractivity contribution in [2.75, 3.05) is 6.61 Å². The lowest BCUT2D eigenvalue weighted by Gasteiger charge is -2.25. The van der Waals surface area contributed by atoms with Gasteiger partial charge in [0.1, 0.15) is 5.75 Å². The summed E-state index contributed by atoms with van der Waals surface area (Å²) in [6.45, 7) is 0.696. The lowest BCUT2D eigenvalue weighted by Crippen LogP contribution is -2.19. The van der Waals surface area contributed by atoms with E-state index in [0.29, 0.717) is 28.9 Å². The number of ether oxygens (including phenoxy) is 1. The van der Waals surface area contributed by atoms with Crippen molar-refractivity contribution < 1.29 is 9.53 Å². The van der Waals surface area contributed by atoms with Crippen molar-refractivity contribution in [3.05, 3.63) is 28.8 Å². The van der Waals surface area contributed by atoms with Crippen LogP contribution in [-0.4, -0.2) is 12.9 Å². The van der Waals surface area contributed by atoms with Gasteiger partial charge in [0, 0.05) is 0 Å². The second-order valence-corrected chi connectivity index (χ2v) is 4.28. The predicted octanol–water partition coefficient (Wildman–Crippen LogP) is 3.33. The van der Waals surface area contributed by atoms with Crippen molar-refractivity contribution in [3.63, 3.8) is 0 Å². The molecule has 1 saturated carbocycles. The lowest BCUT2D eigenvalue weighted by atomic mass is 9.86. The monoisotopic (exact) mass is 224 g/mol. The average Bonchev–Trinajstić information content (AvgIpc) is 2.15. The van der Waals surface area contributed by atoms with Gasteiger partial charge in [0.2, 0.25) is 0 Å².